The third-order valence-corrected chi connectivity index (χ3v) is 2.83. The van der Waals surface area contributed by atoms with Crippen LogP contribution in [-0.2, 0) is 4.79 Å². The zero-order chi connectivity index (χ0) is 15.1. The van der Waals surface area contributed by atoms with E-state index in [-0.39, 0.29) is 24.0 Å². The number of ether oxygens (including phenoxy) is 2. The van der Waals surface area contributed by atoms with Crippen LogP contribution in [0.1, 0.15) is 13.8 Å². The molecule has 0 radical (unpaired) electrons. The van der Waals surface area contributed by atoms with Crippen LogP contribution in [0, 0.1) is 10.1 Å². The van der Waals surface area contributed by atoms with Crippen LogP contribution in [0.5, 0.6) is 11.5 Å². The second-order valence-electron chi connectivity index (χ2n) is 3.95. The first-order valence-corrected chi connectivity index (χ1v) is 6.26. The summed E-state index contributed by atoms with van der Waals surface area (Å²) < 4.78 is 10.2. The molecular weight excluding hydrogens is 264 g/mol. The predicted octanol–water partition coefficient (Wildman–Crippen LogP) is 1.85. The van der Waals surface area contributed by atoms with Crippen molar-refractivity contribution < 1.29 is 19.2 Å². The molecule has 1 rings (SSSR count). The lowest BCUT2D eigenvalue weighted by Gasteiger charge is -2.18. The Bertz CT molecular complexity index is 486. The maximum absolute atomic E-state index is 11.8. The number of carbonyl (C=O) groups is 1. The van der Waals surface area contributed by atoms with Crippen molar-refractivity contribution in [2.45, 2.75) is 13.8 Å². The summed E-state index contributed by atoms with van der Waals surface area (Å²) in [7, 11) is 1.42. The van der Waals surface area contributed by atoms with Crippen molar-refractivity contribution in [1.29, 1.82) is 0 Å². The van der Waals surface area contributed by atoms with Crippen LogP contribution < -0.4 is 9.47 Å². The van der Waals surface area contributed by atoms with Crippen molar-refractivity contribution in [3.05, 3.63) is 28.3 Å². The van der Waals surface area contributed by atoms with Crippen molar-refractivity contribution in [2.24, 2.45) is 0 Å². The van der Waals surface area contributed by atoms with E-state index >= 15 is 0 Å². The Kier molecular flexibility index (Phi) is 5.76. The van der Waals surface area contributed by atoms with Crippen LogP contribution in [0.2, 0.25) is 0 Å². The van der Waals surface area contributed by atoms with Crippen LogP contribution >= 0.6 is 0 Å². The van der Waals surface area contributed by atoms with Crippen LogP contribution in [0.3, 0.4) is 0 Å². The van der Waals surface area contributed by atoms with Crippen molar-refractivity contribution in [3.8, 4) is 11.5 Å². The van der Waals surface area contributed by atoms with Crippen molar-refractivity contribution in [1.82, 2.24) is 4.90 Å². The molecular formula is C13H18N2O5. The Labute approximate surface area is 117 Å². The molecule has 0 bridgehead atoms. The van der Waals surface area contributed by atoms with Crippen molar-refractivity contribution in [2.75, 3.05) is 26.8 Å². The van der Waals surface area contributed by atoms with E-state index in [2.05, 4.69) is 0 Å². The molecule has 0 aliphatic carbocycles. The van der Waals surface area contributed by atoms with E-state index in [1.165, 1.54) is 19.2 Å². The number of methoxy groups -OCH3 is 1. The molecule has 110 valence electrons. The molecule has 0 saturated heterocycles. The molecule has 0 unspecified atom stereocenters. The van der Waals surface area contributed by atoms with Gasteiger partial charge in [0.1, 0.15) is 5.75 Å². The Balaban J connectivity index is 2.82. The smallest absolute Gasteiger partial charge is 0.314 e. The number of nitro groups is 1. The summed E-state index contributed by atoms with van der Waals surface area (Å²) in [4.78, 5) is 23.8. The van der Waals surface area contributed by atoms with Gasteiger partial charge in [-0.3, -0.25) is 14.9 Å². The number of nitrogens with zero attached hydrogens (tertiary/aromatic N) is 2. The number of amides is 1. The largest absolute Gasteiger partial charge is 0.496 e. The van der Waals surface area contributed by atoms with Crippen molar-refractivity contribution in [3.63, 3.8) is 0 Å². The van der Waals surface area contributed by atoms with E-state index in [0.717, 1.165) is 0 Å². The fourth-order valence-corrected chi connectivity index (χ4v) is 1.70. The standard InChI is InChI=1S/C13H18N2O5/c1-4-14(5-2)13(16)9-20-12-7-6-10(19-3)8-11(12)15(17)18/h6-8H,4-5,9H2,1-3H3. The number of likely N-dealkylation sites (N-methyl/N-ethyl adjacent to an activating group) is 1. The van der Waals surface area contributed by atoms with Gasteiger partial charge in [-0.15, -0.1) is 0 Å². The van der Waals surface area contributed by atoms with Gasteiger partial charge in [-0.05, 0) is 26.0 Å². The summed E-state index contributed by atoms with van der Waals surface area (Å²) in [6, 6.07) is 4.23. The zero-order valence-electron chi connectivity index (χ0n) is 11.8. The van der Waals surface area contributed by atoms with Crippen LogP contribution in [-0.4, -0.2) is 42.5 Å². The van der Waals surface area contributed by atoms with E-state index < -0.39 is 4.92 Å². The third kappa shape index (κ3) is 3.84. The zero-order valence-corrected chi connectivity index (χ0v) is 11.8. The van der Waals surface area contributed by atoms with Gasteiger partial charge in [0.15, 0.2) is 12.4 Å². The van der Waals surface area contributed by atoms with Gasteiger partial charge in [0.2, 0.25) is 0 Å². The third-order valence-electron chi connectivity index (χ3n) is 2.83. The monoisotopic (exact) mass is 282 g/mol. The lowest BCUT2D eigenvalue weighted by molar-refractivity contribution is -0.385. The van der Waals surface area contributed by atoms with Gasteiger partial charge in [-0.25, -0.2) is 0 Å². The molecule has 0 aliphatic heterocycles. The van der Waals surface area contributed by atoms with Gasteiger partial charge in [0.25, 0.3) is 5.91 Å². The molecule has 1 amide bonds. The van der Waals surface area contributed by atoms with Crippen LogP contribution in [0.15, 0.2) is 18.2 Å². The van der Waals surface area contributed by atoms with Gasteiger partial charge >= 0.3 is 5.69 Å². The van der Waals surface area contributed by atoms with Gasteiger partial charge in [0.05, 0.1) is 18.1 Å². The number of nitro benzene ring substituents is 1. The average Bonchev–Trinajstić information content (AvgIpc) is 2.46. The number of carbonyl (C=O) groups excluding carboxylic acids is 1. The quantitative estimate of drug-likeness (QED) is 0.563. The molecule has 1 aromatic rings. The molecule has 0 heterocycles. The highest BCUT2D eigenvalue weighted by atomic mass is 16.6. The molecule has 7 heteroatoms. The lowest BCUT2D eigenvalue weighted by Crippen LogP contribution is -2.34. The first-order chi connectivity index (χ1) is 9.53. The number of rotatable bonds is 7. The second-order valence-corrected chi connectivity index (χ2v) is 3.95. The maximum atomic E-state index is 11.8. The molecule has 0 aliphatic rings. The summed E-state index contributed by atoms with van der Waals surface area (Å²) in [6.07, 6.45) is 0. The fraction of sp³-hybridized carbons (Fsp3) is 0.462. The molecule has 0 N–H and O–H groups in total. The SMILES string of the molecule is CCN(CC)C(=O)COc1ccc(OC)cc1[N+](=O)[O-]. The Hall–Kier alpha value is -2.31. The lowest BCUT2D eigenvalue weighted by atomic mass is 10.3. The van der Waals surface area contributed by atoms with Gasteiger partial charge in [0, 0.05) is 13.1 Å². The maximum Gasteiger partial charge on any atom is 0.314 e. The van der Waals surface area contributed by atoms with E-state index in [9.17, 15) is 14.9 Å². The molecule has 0 spiro atoms. The van der Waals surface area contributed by atoms with Crippen LogP contribution in [0.4, 0.5) is 5.69 Å². The summed E-state index contributed by atoms with van der Waals surface area (Å²) in [5.74, 6) is 0.204. The molecule has 20 heavy (non-hydrogen) atoms. The van der Waals surface area contributed by atoms with Gasteiger partial charge in [-0.1, -0.05) is 0 Å². The molecule has 0 atom stereocenters. The van der Waals surface area contributed by atoms with E-state index in [0.29, 0.717) is 18.8 Å². The number of hydrogen-bond acceptors (Lipinski definition) is 5. The summed E-state index contributed by atoms with van der Waals surface area (Å²) in [5.41, 5.74) is -0.225. The molecule has 0 fully saturated rings. The minimum absolute atomic E-state index is 0.0521. The Morgan fingerprint density at radius 1 is 1.35 bits per heavy atom. The average molecular weight is 282 g/mol. The molecule has 0 aromatic heterocycles. The summed E-state index contributed by atoms with van der Waals surface area (Å²) in [6.45, 7) is 4.64. The normalized spacial score (nSPS) is 9.95. The van der Waals surface area contributed by atoms with E-state index in [1.54, 1.807) is 11.0 Å². The highest BCUT2D eigenvalue weighted by molar-refractivity contribution is 5.77. The molecule has 7 nitrogen and oxygen atoms in total. The fourth-order valence-electron chi connectivity index (χ4n) is 1.70. The van der Waals surface area contributed by atoms with E-state index in [4.69, 9.17) is 9.47 Å². The topological polar surface area (TPSA) is 81.9 Å². The minimum Gasteiger partial charge on any atom is -0.496 e. The second kappa shape index (κ2) is 7.32. The predicted molar refractivity (Wildman–Crippen MR) is 73.1 cm³/mol. The first kappa shape index (κ1) is 15.7. The minimum atomic E-state index is -0.570. The highest BCUT2D eigenvalue weighted by Crippen LogP contribution is 2.30. The summed E-state index contributed by atoms with van der Waals surface area (Å²) >= 11 is 0. The molecule has 0 saturated carbocycles. The Morgan fingerprint density at radius 2 is 2.00 bits per heavy atom. The Morgan fingerprint density at radius 3 is 2.50 bits per heavy atom. The van der Waals surface area contributed by atoms with Gasteiger partial charge in [-0.2, -0.15) is 0 Å². The number of benzene rings is 1. The van der Waals surface area contributed by atoms with E-state index in [1.807, 2.05) is 13.8 Å². The number of hydrogen-bond donors (Lipinski definition) is 0. The molecule has 1 aromatic carbocycles. The highest BCUT2D eigenvalue weighted by Gasteiger charge is 2.18. The summed E-state index contributed by atoms with van der Waals surface area (Å²) in [5, 5.41) is 11.0. The first-order valence-electron chi connectivity index (χ1n) is 6.26. The van der Waals surface area contributed by atoms with Crippen molar-refractivity contribution >= 4 is 11.6 Å². The van der Waals surface area contributed by atoms with Crippen LogP contribution in [0.25, 0.3) is 0 Å². The van der Waals surface area contributed by atoms with Gasteiger partial charge < -0.3 is 14.4 Å².